The Morgan fingerprint density at radius 1 is 1.26 bits per heavy atom. The highest BCUT2D eigenvalue weighted by molar-refractivity contribution is 6.21. The molecule has 0 bridgehead atoms. The van der Waals surface area contributed by atoms with Crippen LogP contribution >= 0.6 is 11.6 Å². The fraction of sp³-hybridized carbons (Fsp3) is 0.562. The minimum atomic E-state index is 0.208. The number of hydrogen-bond donors (Lipinski definition) is 0. The molecule has 2 nitrogen and oxygen atoms in total. The summed E-state index contributed by atoms with van der Waals surface area (Å²) < 4.78 is 0. The third-order valence-corrected chi connectivity index (χ3v) is 4.78. The summed E-state index contributed by atoms with van der Waals surface area (Å²) in [5.41, 5.74) is 1.30. The van der Waals surface area contributed by atoms with Crippen molar-refractivity contribution >= 4 is 17.5 Å². The maximum Gasteiger partial charge on any atom is 0.226 e. The lowest BCUT2D eigenvalue weighted by atomic mass is 9.84. The molecule has 1 aromatic rings. The Morgan fingerprint density at radius 2 is 1.95 bits per heavy atom. The molecule has 3 heteroatoms. The van der Waals surface area contributed by atoms with Crippen LogP contribution < -0.4 is 0 Å². The van der Waals surface area contributed by atoms with Crippen molar-refractivity contribution in [2.75, 3.05) is 13.6 Å². The Balaban J connectivity index is 1.52. The molecule has 0 radical (unpaired) electrons. The molecular formula is C16H20ClNO. The van der Waals surface area contributed by atoms with Gasteiger partial charge in [-0.2, -0.15) is 0 Å². The molecule has 0 heterocycles. The first-order valence-electron chi connectivity index (χ1n) is 7.09. The van der Waals surface area contributed by atoms with Gasteiger partial charge in [0.05, 0.1) is 0 Å². The molecule has 2 atom stereocenters. The van der Waals surface area contributed by atoms with Gasteiger partial charge in [0.2, 0.25) is 5.91 Å². The van der Waals surface area contributed by atoms with Crippen molar-refractivity contribution in [2.24, 2.45) is 11.8 Å². The van der Waals surface area contributed by atoms with Crippen molar-refractivity contribution in [3.05, 3.63) is 35.9 Å². The second-order valence-corrected chi connectivity index (χ2v) is 6.63. The van der Waals surface area contributed by atoms with Crippen molar-refractivity contribution < 1.29 is 4.79 Å². The van der Waals surface area contributed by atoms with E-state index in [1.165, 1.54) is 5.56 Å². The van der Waals surface area contributed by atoms with Crippen LogP contribution in [0, 0.1) is 11.8 Å². The second-order valence-electron chi connectivity index (χ2n) is 6.01. The van der Waals surface area contributed by atoms with Crippen LogP contribution in [0.1, 0.15) is 30.7 Å². The molecule has 1 aromatic carbocycles. The van der Waals surface area contributed by atoms with Crippen LogP contribution in [0.2, 0.25) is 0 Å². The standard InChI is InChI=1S/C16H20ClNO/c1-18(10-11-7-13(17)8-11)16(19)15-9-14(15)12-5-3-2-4-6-12/h2-6,11,13-15H,7-10H2,1H3. The molecule has 0 aliphatic heterocycles. The van der Waals surface area contributed by atoms with Crippen LogP contribution in [0.3, 0.4) is 0 Å². The van der Waals surface area contributed by atoms with Crippen LogP contribution in [0.4, 0.5) is 0 Å². The molecular weight excluding hydrogens is 258 g/mol. The molecule has 102 valence electrons. The van der Waals surface area contributed by atoms with Crippen molar-refractivity contribution in [3.8, 4) is 0 Å². The van der Waals surface area contributed by atoms with Gasteiger partial charge in [0.25, 0.3) is 0 Å². The number of halogens is 1. The van der Waals surface area contributed by atoms with Gasteiger partial charge in [0, 0.05) is 24.9 Å². The predicted molar refractivity (Wildman–Crippen MR) is 77.3 cm³/mol. The lowest BCUT2D eigenvalue weighted by Crippen LogP contribution is -2.38. The topological polar surface area (TPSA) is 20.3 Å². The van der Waals surface area contributed by atoms with Gasteiger partial charge in [-0.3, -0.25) is 4.79 Å². The molecule has 2 aliphatic rings. The van der Waals surface area contributed by atoms with Crippen molar-refractivity contribution in [3.63, 3.8) is 0 Å². The molecule has 2 fully saturated rings. The molecule has 0 spiro atoms. The molecule has 2 unspecified atom stereocenters. The maximum atomic E-state index is 12.3. The quantitative estimate of drug-likeness (QED) is 0.774. The molecule has 0 N–H and O–H groups in total. The minimum absolute atomic E-state index is 0.208. The third kappa shape index (κ3) is 2.79. The lowest BCUT2D eigenvalue weighted by molar-refractivity contribution is -0.132. The van der Waals surface area contributed by atoms with Crippen LogP contribution in [0.25, 0.3) is 0 Å². The Bertz CT molecular complexity index is 455. The molecule has 0 aromatic heterocycles. The van der Waals surface area contributed by atoms with E-state index in [1.54, 1.807) is 0 Å². The summed E-state index contributed by atoms with van der Waals surface area (Å²) >= 11 is 5.98. The van der Waals surface area contributed by atoms with E-state index in [2.05, 4.69) is 12.1 Å². The van der Waals surface area contributed by atoms with E-state index in [1.807, 2.05) is 30.1 Å². The Kier molecular flexibility index (Phi) is 3.53. The SMILES string of the molecule is CN(CC1CC(Cl)C1)C(=O)C1CC1c1ccccc1. The van der Waals surface area contributed by atoms with Gasteiger partial charge in [-0.05, 0) is 36.7 Å². The predicted octanol–water partition coefficient (Wildman–Crippen LogP) is 3.27. The molecule has 3 rings (SSSR count). The van der Waals surface area contributed by atoms with E-state index in [-0.39, 0.29) is 5.92 Å². The van der Waals surface area contributed by atoms with Crippen LogP contribution in [0.5, 0.6) is 0 Å². The third-order valence-electron chi connectivity index (χ3n) is 4.42. The number of carbonyl (C=O) groups is 1. The van der Waals surface area contributed by atoms with E-state index in [0.29, 0.717) is 23.1 Å². The monoisotopic (exact) mass is 277 g/mol. The van der Waals surface area contributed by atoms with Crippen molar-refractivity contribution in [1.82, 2.24) is 4.90 Å². The fourth-order valence-corrected chi connectivity index (χ4v) is 3.60. The van der Waals surface area contributed by atoms with Gasteiger partial charge < -0.3 is 4.90 Å². The largest absolute Gasteiger partial charge is 0.345 e. The number of carbonyl (C=O) groups excluding carboxylic acids is 1. The first kappa shape index (κ1) is 13.0. The Labute approximate surface area is 119 Å². The minimum Gasteiger partial charge on any atom is -0.345 e. The van der Waals surface area contributed by atoms with Crippen LogP contribution in [0.15, 0.2) is 30.3 Å². The number of rotatable bonds is 4. The normalized spacial score (nSPS) is 32.5. The maximum absolute atomic E-state index is 12.3. The average molecular weight is 278 g/mol. The zero-order valence-corrected chi connectivity index (χ0v) is 12.0. The summed E-state index contributed by atoms with van der Waals surface area (Å²) in [7, 11) is 1.93. The highest BCUT2D eigenvalue weighted by Gasteiger charge is 2.45. The zero-order chi connectivity index (χ0) is 13.4. The van der Waals surface area contributed by atoms with Crippen LogP contribution in [-0.4, -0.2) is 29.8 Å². The van der Waals surface area contributed by atoms with Gasteiger partial charge in [-0.1, -0.05) is 30.3 Å². The van der Waals surface area contributed by atoms with Gasteiger partial charge in [-0.15, -0.1) is 11.6 Å². The zero-order valence-electron chi connectivity index (χ0n) is 11.3. The molecule has 2 saturated carbocycles. The van der Waals surface area contributed by atoms with Gasteiger partial charge in [0.15, 0.2) is 0 Å². The van der Waals surface area contributed by atoms with Gasteiger partial charge in [-0.25, -0.2) is 0 Å². The van der Waals surface area contributed by atoms with E-state index < -0.39 is 0 Å². The summed E-state index contributed by atoms with van der Waals surface area (Å²) in [6.07, 6.45) is 3.13. The van der Waals surface area contributed by atoms with Gasteiger partial charge in [0.1, 0.15) is 0 Å². The number of nitrogens with zero attached hydrogens (tertiary/aromatic N) is 1. The van der Waals surface area contributed by atoms with Crippen molar-refractivity contribution in [1.29, 1.82) is 0 Å². The number of amides is 1. The Hall–Kier alpha value is -1.02. The summed E-state index contributed by atoms with van der Waals surface area (Å²) in [5, 5.41) is 0.339. The summed E-state index contributed by atoms with van der Waals surface area (Å²) in [5.74, 6) is 1.58. The number of hydrogen-bond acceptors (Lipinski definition) is 1. The fourth-order valence-electron chi connectivity index (χ4n) is 3.10. The lowest BCUT2D eigenvalue weighted by Gasteiger charge is -2.34. The molecule has 1 amide bonds. The molecule has 0 saturated heterocycles. The highest BCUT2D eigenvalue weighted by atomic mass is 35.5. The molecule has 19 heavy (non-hydrogen) atoms. The average Bonchev–Trinajstić information content (AvgIpc) is 3.17. The summed E-state index contributed by atoms with van der Waals surface area (Å²) in [4.78, 5) is 14.3. The van der Waals surface area contributed by atoms with Crippen LogP contribution in [-0.2, 0) is 4.79 Å². The van der Waals surface area contributed by atoms with E-state index >= 15 is 0 Å². The molecule has 2 aliphatic carbocycles. The number of benzene rings is 1. The number of alkyl halides is 1. The highest BCUT2D eigenvalue weighted by Crippen LogP contribution is 2.48. The second kappa shape index (κ2) is 5.16. The first-order chi connectivity index (χ1) is 9.15. The summed E-state index contributed by atoms with van der Waals surface area (Å²) in [6, 6.07) is 10.4. The Morgan fingerprint density at radius 3 is 2.58 bits per heavy atom. The van der Waals surface area contributed by atoms with E-state index in [0.717, 1.165) is 25.8 Å². The smallest absolute Gasteiger partial charge is 0.226 e. The van der Waals surface area contributed by atoms with E-state index in [4.69, 9.17) is 11.6 Å². The van der Waals surface area contributed by atoms with E-state index in [9.17, 15) is 4.79 Å². The summed E-state index contributed by atoms with van der Waals surface area (Å²) in [6.45, 7) is 0.875. The van der Waals surface area contributed by atoms with Crippen molar-refractivity contribution in [2.45, 2.75) is 30.6 Å². The van der Waals surface area contributed by atoms with Gasteiger partial charge >= 0.3 is 0 Å². The first-order valence-corrected chi connectivity index (χ1v) is 7.52.